The van der Waals surface area contributed by atoms with Gasteiger partial charge in [-0.25, -0.2) is 4.79 Å². The van der Waals surface area contributed by atoms with Crippen LogP contribution in [0.15, 0.2) is 54.6 Å². The summed E-state index contributed by atoms with van der Waals surface area (Å²) in [6.07, 6.45) is 1.30. The van der Waals surface area contributed by atoms with Crippen LogP contribution in [0, 0.1) is 0 Å². The molecular formula is C20H21NO4. The number of hydrogen-bond donors (Lipinski definition) is 2. The van der Waals surface area contributed by atoms with Crippen molar-refractivity contribution in [2.45, 2.75) is 31.4 Å². The summed E-state index contributed by atoms with van der Waals surface area (Å²) in [6.45, 7) is 0.617. The zero-order chi connectivity index (χ0) is 17.6. The Bertz CT molecular complexity index is 744. The van der Waals surface area contributed by atoms with Gasteiger partial charge in [0, 0.05) is 13.0 Å². The first-order chi connectivity index (χ1) is 12.1. The molecule has 1 amide bonds. The maximum absolute atomic E-state index is 12.3. The highest BCUT2D eigenvalue weighted by Gasteiger charge is 2.30. The summed E-state index contributed by atoms with van der Waals surface area (Å²) in [5, 5.41) is 12.2. The van der Waals surface area contributed by atoms with E-state index >= 15 is 0 Å². The van der Waals surface area contributed by atoms with Crippen LogP contribution in [0.2, 0.25) is 0 Å². The van der Waals surface area contributed by atoms with Gasteiger partial charge in [-0.05, 0) is 30.0 Å². The number of carboxylic acids is 1. The van der Waals surface area contributed by atoms with E-state index in [4.69, 9.17) is 4.74 Å². The lowest BCUT2D eigenvalue weighted by Gasteiger charge is -2.20. The van der Waals surface area contributed by atoms with Gasteiger partial charge < -0.3 is 15.2 Å². The molecule has 2 N–H and O–H groups in total. The summed E-state index contributed by atoms with van der Waals surface area (Å²) in [5.41, 5.74) is 1.98. The molecule has 5 heteroatoms. The Kier molecular flexibility index (Phi) is 5.46. The zero-order valence-corrected chi connectivity index (χ0v) is 13.9. The number of carboxylic acid groups (broad SMARTS) is 1. The Labute approximate surface area is 146 Å². The number of ether oxygens (including phenoxy) is 1. The van der Waals surface area contributed by atoms with Crippen molar-refractivity contribution in [2.75, 3.05) is 6.61 Å². The Morgan fingerprint density at radius 1 is 1.08 bits per heavy atom. The van der Waals surface area contributed by atoms with Crippen LogP contribution >= 0.6 is 0 Å². The predicted molar refractivity (Wildman–Crippen MR) is 93.4 cm³/mol. The van der Waals surface area contributed by atoms with E-state index in [9.17, 15) is 14.7 Å². The molecule has 1 heterocycles. The van der Waals surface area contributed by atoms with Gasteiger partial charge in [0.05, 0.1) is 11.6 Å². The van der Waals surface area contributed by atoms with Gasteiger partial charge in [-0.1, -0.05) is 48.5 Å². The number of hydrogen-bond acceptors (Lipinski definition) is 3. The van der Waals surface area contributed by atoms with Crippen molar-refractivity contribution in [1.82, 2.24) is 5.32 Å². The molecule has 0 bridgehead atoms. The number of carbonyl (C=O) groups excluding carboxylic acids is 1. The van der Waals surface area contributed by atoms with Gasteiger partial charge >= 0.3 is 5.97 Å². The molecule has 2 atom stereocenters. The number of benzene rings is 2. The molecule has 2 aromatic rings. The lowest BCUT2D eigenvalue weighted by Crippen LogP contribution is -2.36. The number of amides is 1. The monoisotopic (exact) mass is 339 g/mol. The van der Waals surface area contributed by atoms with Crippen LogP contribution in [0.5, 0.6) is 0 Å². The average molecular weight is 339 g/mol. The zero-order valence-electron chi connectivity index (χ0n) is 13.9. The van der Waals surface area contributed by atoms with Crippen LogP contribution in [0.3, 0.4) is 0 Å². The lowest BCUT2D eigenvalue weighted by atomic mass is 10.0. The van der Waals surface area contributed by atoms with Gasteiger partial charge in [0.2, 0.25) is 5.91 Å². The molecule has 0 aliphatic carbocycles. The standard InChI is InChI=1S/C20H21NO4/c22-18(11-10-14-6-4-5-9-16(14)20(23)24)21-17-12-13-25-19(17)15-7-2-1-3-8-15/h1-9,17,19H,10-13H2,(H,21,22)(H,23,24)/t17-,19+/m0/s1. The van der Waals surface area contributed by atoms with Crippen molar-refractivity contribution in [3.63, 3.8) is 0 Å². The van der Waals surface area contributed by atoms with Gasteiger partial charge in [-0.3, -0.25) is 4.79 Å². The van der Waals surface area contributed by atoms with E-state index in [0.717, 1.165) is 12.0 Å². The molecule has 3 rings (SSSR count). The third-order valence-corrected chi connectivity index (χ3v) is 4.44. The number of aromatic carboxylic acids is 1. The van der Waals surface area contributed by atoms with Gasteiger partial charge in [-0.2, -0.15) is 0 Å². The SMILES string of the molecule is O=C(CCc1ccccc1C(=O)O)N[C@H]1CCO[C@@H]1c1ccccc1. The predicted octanol–water partition coefficient (Wildman–Crippen LogP) is 2.96. The normalized spacial score (nSPS) is 19.5. The maximum atomic E-state index is 12.3. The molecule has 1 saturated heterocycles. The van der Waals surface area contributed by atoms with Crippen LogP contribution < -0.4 is 5.32 Å². The van der Waals surface area contributed by atoms with Crippen LogP contribution in [-0.2, 0) is 16.0 Å². The highest BCUT2D eigenvalue weighted by atomic mass is 16.5. The van der Waals surface area contributed by atoms with Gasteiger partial charge in [0.25, 0.3) is 0 Å². The average Bonchev–Trinajstić information content (AvgIpc) is 3.09. The molecule has 2 aromatic carbocycles. The van der Waals surface area contributed by atoms with E-state index in [1.165, 1.54) is 0 Å². The summed E-state index contributed by atoms with van der Waals surface area (Å²) in [5.74, 6) is -1.05. The van der Waals surface area contributed by atoms with Crippen molar-refractivity contribution in [3.8, 4) is 0 Å². The fraction of sp³-hybridized carbons (Fsp3) is 0.300. The number of rotatable bonds is 6. The fourth-order valence-corrected chi connectivity index (χ4v) is 3.18. The molecule has 130 valence electrons. The van der Waals surface area contributed by atoms with E-state index < -0.39 is 5.97 Å². The molecule has 0 aromatic heterocycles. The van der Waals surface area contributed by atoms with Gasteiger partial charge in [0.15, 0.2) is 0 Å². The lowest BCUT2D eigenvalue weighted by molar-refractivity contribution is -0.122. The van der Waals surface area contributed by atoms with Crippen molar-refractivity contribution >= 4 is 11.9 Å². The minimum Gasteiger partial charge on any atom is -0.478 e. The van der Waals surface area contributed by atoms with E-state index in [0.29, 0.717) is 18.6 Å². The molecule has 0 saturated carbocycles. The second-order valence-electron chi connectivity index (χ2n) is 6.13. The van der Waals surface area contributed by atoms with Crippen LogP contribution in [0.1, 0.15) is 40.4 Å². The molecular weight excluding hydrogens is 318 g/mol. The second kappa shape index (κ2) is 7.94. The molecule has 25 heavy (non-hydrogen) atoms. The molecule has 5 nitrogen and oxygen atoms in total. The van der Waals surface area contributed by atoms with E-state index in [2.05, 4.69) is 5.32 Å². The van der Waals surface area contributed by atoms with Crippen molar-refractivity contribution in [2.24, 2.45) is 0 Å². The van der Waals surface area contributed by atoms with Gasteiger partial charge in [0.1, 0.15) is 6.10 Å². The summed E-state index contributed by atoms with van der Waals surface area (Å²) in [7, 11) is 0. The first-order valence-corrected chi connectivity index (χ1v) is 8.42. The third kappa shape index (κ3) is 4.25. The molecule has 0 unspecified atom stereocenters. The second-order valence-corrected chi connectivity index (χ2v) is 6.13. The van der Waals surface area contributed by atoms with E-state index in [1.807, 2.05) is 30.3 Å². The highest BCUT2D eigenvalue weighted by Crippen LogP contribution is 2.29. The Balaban J connectivity index is 1.59. The fourth-order valence-electron chi connectivity index (χ4n) is 3.18. The number of carbonyl (C=O) groups is 2. The number of nitrogens with one attached hydrogen (secondary N) is 1. The maximum Gasteiger partial charge on any atom is 0.335 e. The van der Waals surface area contributed by atoms with Gasteiger partial charge in [-0.15, -0.1) is 0 Å². The first kappa shape index (κ1) is 17.2. The van der Waals surface area contributed by atoms with Crippen molar-refractivity contribution in [1.29, 1.82) is 0 Å². The van der Waals surface area contributed by atoms with Crippen molar-refractivity contribution < 1.29 is 19.4 Å². The highest BCUT2D eigenvalue weighted by molar-refractivity contribution is 5.89. The molecule has 1 aliphatic heterocycles. The number of aryl methyl sites for hydroxylation is 1. The topological polar surface area (TPSA) is 75.6 Å². The minimum atomic E-state index is -0.968. The molecule has 1 aliphatic rings. The third-order valence-electron chi connectivity index (χ3n) is 4.44. The van der Waals surface area contributed by atoms with Crippen LogP contribution in [0.4, 0.5) is 0 Å². The van der Waals surface area contributed by atoms with Crippen molar-refractivity contribution in [3.05, 3.63) is 71.3 Å². The molecule has 1 fully saturated rings. The minimum absolute atomic E-state index is 0.0513. The van der Waals surface area contributed by atoms with E-state index in [-0.39, 0.29) is 30.0 Å². The van der Waals surface area contributed by atoms with E-state index in [1.54, 1.807) is 24.3 Å². The largest absolute Gasteiger partial charge is 0.478 e. The quantitative estimate of drug-likeness (QED) is 0.848. The Morgan fingerprint density at radius 3 is 2.56 bits per heavy atom. The summed E-state index contributed by atoms with van der Waals surface area (Å²) in [6, 6.07) is 16.6. The summed E-state index contributed by atoms with van der Waals surface area (Å²) < 4.78 is 5.77. The Morgan fingerprint density at radius 2 is 1.80 bits per heavy atom. The van der Waals surface area contributed by atoms with Crippen LogP contribution in [-0.4, -0.2) is 29.6 Å². The summed E-state index contributed by atoms with van der Waals surface area (Å²) in [4.78, 5) is 23.5. The first-order valence-electron chi connectivity index (χ1n) is 8.42. The Hall–Kier alpha value is -2.66. The smallest absolute Gasteiger partial charge is 0.335 e. The van der Waals surface area contributed by atoms with Crippen LogP contribution in [0.25, 0.3) is 0 Å². The summed E-state index contributed by atoms with van der Waals surface area (Å²) >= 11 is 0. The molecule has 0 radical (unpaired) electrons. The molecule has 0 spiro atoms.